The van der Waals surface area contributed by atoms with Crippen molar-refractivity contribution in [1.29, 1.82) is 0 Å². The zero-order valence-corrected chi connectivity index (χ0v) is 17.0. The first kappa shape index (κ1) is 19.2. The van der Waals surface area contributed by atoms with Crippen LogP contribution in [0.3, 0.4) is 0 Å². The van der Waals surface area contributed by atoms with E-state index in [0.717, 1.165) is 27.6 Å². The molecule has 0 fully saturated rings. The monoisotopic (exact) mass is 408 g/mol. The Balaban J connectivity index is 1.49. The fourth-order valence-corrected chi connectivity index (χ4v) is 3.90. The molecule has 0 saturated carbocycles. The van der Waals surface area contributed by atoms with E-state index in [1.54, 1.807) is 24.2 Å². The standard InChI is InChI=1S/C22H21ClN4O2/c1-26-12-16(21-17(23)4-3-5-18(21)26)13-27(2)20(29)9-6-14-10-15-7-8-19(28)25-22(15)24-11-14/h3-6,9-12H,7-8,13H2,1-2H3,(H,24,25,28). The van der Waals surface area contributed by atoms with Gasteiger partial charge in [-0.2, -0.15) is 0 Å². The van der Waals surface area contributed by atoms with Crippen molar-refractivity contribution < 1.29 is 9.59 Å². The number of fused-ring (bicyclic) bond motifs is 2. The molecular weight excluding hydrogens is 388 g/mol. The quantitative estimate of drug-likeness (QED) is 0.668. The third-order valence-corrected chi connectivity index (χ3v) is 5.43. The highest BCUT2D eigenvalue weighted by Crippen LogP contribution is 2.29. The van der Waals surface area contributed by atoms with E-state index in [4.69, 9.17) is 11.6 Å². The fraction of sp³-hybridized carbons (Fsp3) is 0.227. The average molecular weight is 409 g/mol. The summed E-state index contributed by atoms with van der Waals surface area (Å²) < 4.78 is 2.02. The van der Waals surface area contributed by atoms with Gasteiger partial charge in [-0.05, 0) is 47.4 Å². The summed E-state index contributed by atoms with van der Waals surface area (Å²) in [6.07, 6.45) is 8.06. The fourth-order valence-electron chi connectivity index (χ4n) is 3.61. The van der Waals surface area contributed by atoms with Gasteiger partial charge in [0.1, 0.15) is 5.82 Å². The number of benzene rings is 1. The molecule has 4 rings (SSSR count). The van der Waals surface area contributed by atoms with E-state index >= 15 is 0 Å². The van der Waals surface area contributed by atoms with Crippen molar-refractivity contribution in [3.05, 3.63) is 64.4 Å². The van der Waals surface area contributed by atoms with Crippen molar-refractivity contribution in [2.45, 2.75) is 19.4 Å². The molecule has 1 aromatic carbocycles. The summed E-state index contributed by atoms with van der Waals surface area (Å²) in [6, 6.07) is 7.75. The van der Waals surface area contributed by atoms with Gasteiger partial charge >= 0.3 is 0 Å². The molecule has 0 bridgehead atoms. The van der Waals surface area contributed by atoms with Gasteiger partial charge < -0.3 is 14.8 Å². The maximum atomic E-state index is 12.6. The third-order valence-electron chi connectivity index (χ3n) is 5.11. The lowest BCUT2D eigenvalue weighted by Gasteiger charge is -2.16. The molecule has 0 saturated heterocycles. The van der Waals surface area contributed by atoms with E-state index in [-0.39, 0.29) is 11.8 Å². The lowest BCUT2D eigenvalue weighted by atomic mass is 10.0. The van der Waals surface area contributed by atoms with Crippen LogP contribution in [0.5, 0.6) is 0 Å². The van der Waals surface area contributed by atoms with Gasteiger partial charge in [0, 0.05) is 56.4 Å². The summed E-state index contributed by atoms with van der Waals surface area (Å²) in [7, 11) is 3.73. The largest absolute Gasteiger partial charge is 0.350 e. The van der Waals surface area contributed by atoms with Crippen LogP contribution in [-0.2, 0) is 29.6 Å². The maximum Gasteiger partial charge on any atom is 0.246 e. The van der Waals surface area contributed by atoms with Crippen LogP contribution in [0.15, 0.2) is 42.7 Å². The van der Waals surface area contributed by atoms with Crippen LogP contribution in [0.1, 0.15) is 23.1 Å². The van der Waals surface area contributed by atoms with Crippen molar-refractivity contribution in [1.82, 2.24) is 14.5 Å². The van der Waals surface area contributed by atoms with Crippen molar-refractivity contribution in [3.8, 4) is 0 Å². The first-order chi connectivity index (χ1) is 13.9. The molecule has 0 spiro atoms. The summed E-state index contributed by atoms with van der Waals surface area (Å²) >= 11 is 6.38. The Morgan fingerprint density at radius 1 is 1.38 bits per heavy atom. The van der Waals surface area contributed by atoms with Gasteiger partial charge in [0.2, 0.25) is 11.8 Å². The molecule has 1 aliphatic heterocycles. The van der Waals surface area contributed by atoms with Gasteiger partial charge in [0.15, 0.2) is 0 Å². The molecule has 148 valence electrons. The van der Waals surface area contributed by atoms with Crippen molar-refractivity contribution in [2.75, 3.05) is 12.4 Å². The Hall–Kier alpha value is -3.12. The number of nitrogens with zero attached hydrogens (tertiary/aromatic N) is 3. The topological polar surface area (TPSA) is 67.2 Å². The lowest BCUT2D eigenvalue weighted by molar-refractivity contribution is -0.125. The minimum Gasteiger partial charge on any atom is -0.350 e. The smallest absolute Gasteiger partial charge is 0.246 e. The molecule has 1 N–H and O–H groups in total. The number of hydrogen-bond donors (Lipinski definition) is 1. The summed E-state index contributed by atoms with van der Waals surface area (Å²) in [5.41, 5.74) is 3.85. The minimum absolute atomic E-state index is 0.0152. The molecule has 0 atom stereocenters. The first-order valence-corrected chi connectivity index (χ1v) is 9.74. The van der Waals surface area contributed by atoms with Gasteiger partial charge in [-0.3, -0.25) is 9.59 Å². The number of aryl methyl sites for hydroxylation is 2. The highest BCUT2D eigenvalue weighted by Gasteiger charge is 2.16. The Bertz CT molecular complexity index is 1150. The molecule has 3 aromatic rings. The number of anilines is 1. The van der Waals surface area contributed by atoms with Gasteiger partial charge in [-0.1, -0.05) is 17.7 Å². The van der Waals surface area contributed by atoms with Crippen LogP contribution < -0.4 is 5.32 Å². The predicted molar refractivity (Wildman–Crippen MR) is 115 cm³/mol. The third kappa shape index (κ3) is 3.89. The number of halogens is 1. The molecule has 0 aliphatic carbocycles. The van der Waals surface area contributed by atoms with E-state index in [0.29, 0.717) is 30.2 Å². The number of nitrogens with one attached hydrogen (secondary N) is 1. The molecule has 6 nitrogen and oxygen atoms in total. The Morgan fingerprint density at radius 2 is 2.21 bits per heavy atom. The molecule has 7 heteroatoms. The molecule has 29 heavy (non-hydrogen) atoms. The van der Waals surface area contributed by atoms with Crippen molar-refractivity contribution >= 4 is 46.2 Å². The molecular formula is C22H21ClN4O2. The predicted octanol–water partition coefficient (Wildman–Crippen LogP) is 3.78. The molecule has 1 aliphatic rings. The van der Waals surface area contributed by atoms with Crippen LogP contribution in [0.25, 0.3) is 17.0 Å². The number of hydrogen-bond acceptors (Lipinski definition) is 3. The molecule has 3 heterocycles. The van der Waals surface area contributed by atoms with E-state index in [2.05, 4.69) is 10.3 Å². The number of carbonyl (C=O) groups excluding carboxylic acids is 2. The number of rotatable bonds is 4. The number of carbonyl (C=O) groups is 2. The number of pyridine rings is 1. The SMILES string of the molecule is CN(Cc1cn(C)c2cccc(Cl)c12)C(=O)C=Cc1cnc2c(c1)CCC(=O)N2. The van der Waals surface area contributed by atoms with E-state index in [1.165, 1.54) is 6.08 Å². The zero-order chi connectivity index (χ0) is 20.5. The van der Waals surface area contributed by atoms with Gasteiger partial charge in [0.25, 0.3) is 0 Å². The normalized spacial score (nSPS) is 13.6. The Morgan fingerprint density at radius 3 is 3.03 bits per heavy atom. The lowest BCUT2D eigenvalue weighted by Crippen LogP contribution is -2.24. The molecule has 0 unspecified atom stereocenters. The van der Waals surface area contributed by atoms with Gasteiger partial charge in [0.05, 0.1) is 5.02 Å². The van der Waals surface area contributed by atoms with Crippen molar-refractivity contribution in [3.63, 3.8) is 0 Å². The van der Waals surface area contributed by atoms with E-state index < -0.39 is 0 Å². The van der Waals surface area contributed by atoms with Crippen LogP contribution in [0.2, 0.25) is 5.02 Å². The Kier molecular flexibility index (Phi) is 5.11. The van der Waals surface area contributed by atoms with Crippen molar-refractivity contribution in [2.24, 2.45) is 7.05 Å². The van der Waals surface area contributed by atoms with Crippen LogP contribution >= 0.6 is 11.6 Å². The van der Waals surface area contributed by atoms with Gasteiger partial charge in [-0.15, -0.1) is 0 Å². The molecule has 0 radical (unpaired) electrons. The number of amides is 2. The second-order valence-corrected chi connectivity index (χ2v) is 7.66. The molecule has 2 amide bonds. The second kappa shape index (κ2) is 7.72. The average Bonchev–Trinajstić information content (AvgIpc) is 3.02. The summed E-state index contributed by atoms with van der Waals surface area (Å²) in [5, 5.41) is 4.41. The summed E-state index contributed by atoms with van der Waals surface area (Å²) in [4.78, 5) is 30.0. The van der Waals surface area contributed by atoms with E-state index in [9.17, 15) is 9.59 Å². The second-order valence-electron chi connectivity index (χ2n) is 7.25. The molecule has 2 aromatic heterocycles. The summed E-state index contributed by atoms with van der Waals surface area (Å²) in [5.74, 6) is 0.480. The first-order valence-electron chi connectivity index (χ1n) is 9.37. The van der Waals surface area contributed by atoms with Crippen LogP contribution in [-0.4, -0.2) is 33.3 Å². The summed E-state index contributed by atoms with van der Waals surface area (Å²) in [6.45, 7) is 0.457. The van der Waals surface area contributed by atoms with Crippen LogP contribution in [0, 0.1) is 0 Å². The van der Waals surface area contributed by atoms with E-state index in [1.807, 2.05) is 42.1 Å². The number of likely N-dealkylation sites (N-methyl/N-ethyl adjacent to an activating group) is 1. The number of aromatic nitrogens is 2. The van der Waals surface area contributed by atoms with Crippen LogP contribution in [0.4, 0.5) is 5.82 Å². The van der Waals surface area contributed by atoms with Gasteiger partial charge in [-0.25, -0.2) is 4.98 Å². The highest BCUT2D eigenvalue weighted by molar-refractivity contribution is 6.35. The minimum atomic E-state index is -0.111. The highest BCUT2D eigenvalue weighted by atomic mass is 35.5. The zero-order valence-electron chi connectivity index (χ0n) is 16.3. The Labute approximate surface area is 173 Å². The maximum absolute atomic E-state index is 12.6.